The Morgan fingerprint density at radius 3 is 2.88 bits per heavy atom. The lowest BCUT2D eigenvalue weighted by molar-refractivity contribution is 0.151. The van der Waals surface area contributed by atoms with Gasteiger partial charge in [-0.25, -0.2) is 0 Å². The zero-order valence-electron chi connectivity index (χ0n) is 10.6. The number of benzene rings is 1. The molecule has 0 aliphatic carbocycles. The molecule has 0 heterocycles. The highest BCUT2D eigenvalue weighted by Gasteiger charge is 2.06. The van der Waals surface area contributed by atoms with E-state index in [2.05, 4.69) is 4.90 Å². The van der Waals surface area contributed by atoms with Crippen LogP contribution in [-0.2, 0) is 0 Å². The second-order valence-electron chi connectivity index (χ2n) is 4.29. The van der Waals surface area contributed by atoms with Crippen molar-refractivity contribution in [1.82, 2.24) is 4.90 Å². The molecule has 4 nitrogen and oxygen atoms in total. The molecule has 0 bridgehead atoms. The Labute approximate surface area is 103 Å². The molecule has 1 unspecified atom stereocenters. The van der Waals surface area contributed by atoms with Crippen molar-refractivity contribution < 1.29 is 9.84 Å². The van der Waals surface area contributed by atoms with Crippen LogP contribution in [0.25, 0.3) is 0 Å². The van der Waals surface area contributed by atoms with Gasteiger partial charge in [0.25, 0.3) is 0 Å². The fourth-order valence-electron chi connectivity index (χ4n) is 1.47. The summed E-state index contributed by atoms with van der Waals surface area (Å²) < 4.78 is 5.58. The predicted octanol–water partition coefficient (Wildman–Crippen LogP) is 1.35. The molecule has 4 heteroatoms. The number of rotatable bonds is 7. The van der Waals surface area contributed by atoms with E-state index in [1.54, 1.807) is 0 Å². The molecular weight excluding hydrogens is 216 g/mol. The third-order valence-corrected chi connectivity index (χ3v) is 2.80. The van der Waals surface area contributed by atoms with Crippen molar-refractivity contribution >= 4 is 5.69 Å². The Kier molecular flexibility index (Phi) is 5.80. The number of likely N-dealkylation sites (N-methyl/N-ethyl adjacent to an activating group) is 1. The zero-order chi connectivity index (χ0) is 12.7. The maximum absolute atomic E-state index is 8.98. The number of nitrogen functional groups attached to an aromatic ring is 1. The van der Waals surface area contributed by atoms with E-state index in [1.165, 1.54) is 0 Å². The molecule has 0 saturated heterocycles. The molecule has 17 heavy (non-hydrogen) atoms. The van der Waals surface area contributed by atoms with E-state index < -0.39 is 0 Å². The predicted molar refractivity (Wildman–Crippen MR) is 70.1 cm³/mol. The van der Waals surface area contributed by atoms with Crippen molar-refractivity contribution in [2.75, 3.05) is 32.5 Å². The van der Waals surface area contributed by atoms with E-state index in [-0.39, 0.29) is 12.6 Å². The first-order valence-electron chi connectivity index (χ1n) is 5.93. The van der Waals surface area contributed by atoms with Crippen LogP contribution >= 0.6 is 0 Å². The largest absolute Gasteiger partial charge is 0.493 e. The number of nitrogens with zero attached hydrogens (tertiary/aromatic N) is 1. The SMILES string of the molecule is CC(CO)N(C)CCCOc1cccc(N)c1. The molecular formula is C13H22N2O2. The van der Waals surface area contributed by atoms with Gasteiger partial charge < -0.3 is 20.5 Å². The first-order valence-corrected chi connectivity index (χ1v) is 5.93. The Balaban J connectivity index is 2.20. The molecule has 96 valence electrons. The van der Waals surface area contributed by atoms with Crippen LogP contribution in [0.3, 0.4) is 0 Å². The fourth-order valence-corrected chi connectivity index (χ4v) is 1.47. The zero-order valence-corrected chi connectivity index (χ0v) is 10.6. The van der Waals surface area contributed by atoms with E-state index in [9.17, 15) is 0 Å². The highest BCUT2D eigenvalue weighted by Crippen LogP contribution is 2.14. The smallest absolute Gasteiger partial charge is 0.121 e. The maximum atomic E-state index is 8.98. The number of anilines is 1. The molecule has 0 amide bonds. The minimum atomic E-state index is 0.187. The number of hydrogen-bond acceptors (Lipinski definition) is 4. The molecule has 0 fully saturated rings. The summed E-state index contributed by atoms with van der Waals surface area (Å²) in [6.45, 7) is 3.75. The second-order valence-corrected chi connectivity index (χ2v) is 4.29. The molecule has 0 aliphatic rings. The van der Waals surface area contributed by atoms with E-state index in [1.807, 2.05) is 38.2 Å². The summed E-state index contributed by atoms with van der Waals surface area (Å²) in [5, 5.41) is 8.98. The van der Waals surface area contributed by atoms with Crippen molar-refractivity contribution in [3.63, 3.8) is 0 Å². The average Bonchev–Trinajstić information content (AvgIpc) is 2.33. The summed E-state index contributed by atoms with van der Waals surface area (Å²) in [4.78, 5) is 2.11. The van der Waals surface area contributed by atoms with E-state index in [0.717, 1.165) is 18.7 Å². The van der Waals surface area contributed by atoms with Gasteiger partial charge in [-0.2, -0.15) is 0 Å². The molecule has 0 aliphatic heterocycles. The highest BCUT2D eigenvalue weighted by molar-refractivity contribution is 5.43. The Morgan fingerprint density at radius 2 is 2.24 bits per heavy atom. The average molecular weight is 238 g/mol. The molecule has 0 radical (unpaired) electrons. The molecule has 1 aromatic carbocycles. The third-order valence-electron chi connectivity index (χ3n) is 2.80. The van der Waals surface area contributed by atoms with Crippen LogP contribution in [0.15, 0.2) is 24.3 Å². The van der Waals surface area contributed by atoms with Gasteiger partial charge in [0.05, 0.1) is 13.2 Å². The summed E-state index contributed by atoms with van der Waals surface area (Å²) in [6, 6.07) is 7.63. The van der Waals surface area contributed by atoms with Crippen molar-refractivity contribution in [3.8, 4) is 5.75 Å². The lowest BCUT2D eigenvalue weighted by Gasteiger charge is -2.22. The number of ether oxygens (including phenoxy) is 1. The molecule has 1 rings (SSSR count). The van der Waals surface area contributed by atoms with Crippen LogP contribution in [0, 0.1) is 0 Å². The standard InChI is InChI=1S/C13H22N2O2/c1-11(10-16)15(2)7-4-8-17-13-6-3-5-12(14)9-13/h3,5-6,9,11,16H,4,7-8,10,14H2,1-2H3. The maximum Gasteiger partial charge on any atom is 0.121 e. The van der Waals surface area contributed by atoms with Crippen molar-refractivity contribution in [2.45, 2.75) is 19.4 Å². The van der Waals surface area contributed by atoms with Gasteiger partial charge in [-0.15, -0.1) is 0 Å². The fraction of sp³-hybridized carbons (Fsp3) is 0.538. The van der Waals surface area contributed by atoms with Gasteiger partial charge in [-0.1, -0.05) is 6.07 Å². The third kappa shape index (κ3) is 5.06. The van der Waals surface area contributed by atoms with Crippen LogP contribution < -0.4 is 10.5 Å². The van der Waals surface area contributed by atoms with Gasteiger partial charge in [0, 0.05) is 24.3 Å². The first-order chi connectivity index (χ1) is 8.13. The number of nitrogens with two attached hydrogens (primary N) is 1. The number of aliphatic hydroxyl groups is 1. The highest BCUT2D eigenvalue weighted by atomic mass is 16.5. The number of hydrogen-bond donors (Lipinski definition) is 2. The molecule has 1 atom stereocenters. The summed E-state index contributed by atoms with van der Waals surface area (Å²) in [5.74, 6) is 0.808. The monoisotopic (exact) mass is 238 g/mol. The molecule has 1 aromatic rings. The van der Waals surface area contributed by atoms with Crippen LogP contribution in [0.1, 0.15) is 13.3 Å². The van der Waals surface area contributed by atoms with Gasteiger partial charge in [0.15, 0.2) is 0 Å². The van der Waals surface area contributed by atoms with Crippen LogP contribution in [-0.4, -0.2) is 42.9 Å². The second kappa shape index (κ2) is 7.14. The lowest BCUT2D eigenvalue weighted by atomic mass is 10.3. The topological polar surface area (TPSA) is 58.7 Å². The summed E-state index contributed by atoms with van der Waals surface area (Å²) in [6.07, 6.45) is 0.926. The van der Waals surface area contributed by atoms with Gasteiger partial charge in [0.1, 0.15) is 5.75 Å². The quantitative estimate of drug-likeness (QED) is 0.556. The minimum absolute atomic E-state index is 0.187. The minimum Gasteiger partial charge on any atom is -0.493 e. The van der Waals surface area contributed by atoms with E-state index >= 15 is 0 Å². The van der Waals surface area contributed by atoms with Crippen molar-refractivity contribution in [2.24, 2.45) is 0 Å². The van der Waals surface area contributed by atoms with E-state index in [0.29, 0.717) is 12.3 Å². The molecule has 0 aromatic heterocycles. The molecule has 0 saturated carbocycles. The Hall–Kier alpha value is -1.26. The molecule has 3 N–H and O–H groups in total. The molecule has 0 spiro atoms. The summed E-state index contributed by atoms with van der Waals surface area (Å²) in [5.41, 5.74) is 6.37. The normalized spacial score (nSPS) is 12.7. The summed E-state index contributed by atoms with van der Waals surface area (Å²) >= 11 is 0. The van der Waals surface area contributed by atoms with Crippen LogP contribution in [0.4, 0.5) is 5.69 Å². The van der Waals surface area contributed by atoms with Gasteiger partial charge in [0.2, 0.25) is 0 Å². The van der Waals surface area contributed by atoms with Crippen LogP contribution in [0.2, 0.25) is 0 Å². The van der Waals surface area contributed by atoms with Crippen molar-refractivity contribution in [3.05, 3.63) is 24.3 Å². The Morgan fingerprint density at radius 1 is 1.47 bits per heavy atom. The van der Waals surface area contributed by atoms with Gasteiger partial charge in [-0.3, -0.25) is 0 Å². The van der Waals surface area contributed by atoms with Gasteiger partial charge >= 0.3 is 0 Å². The van der Waals surface area contributed by atoms with Crippen LogP contribution in [0.5, 0.6) is 5.75 Å². The lowest BCUT2D eigenvalue weighted by Crippen LogP contribution is -2.33. The van der Waals surface area contributed by atoms with Crippen molar-refractivity contribution in [1.29, 1.82) is 0 Å². The summed E-state index contributed by atoms with van der Waals surface area (Å²) in [7, 11) is 2.00. The van der Waals surface area contributed by atoms with E-state index in [4.69, 9.17) is 15.6 Å². The Bertz CT molecular complexity index is 331. The first kappa shape index (κ1) is 13.8. The number of aliphatic hydroxyl groups excluding tert-OH is 1. The van der Waals surface area contributed by atoms with Gasteiger partial charge in [-0.05, 0) is 32.5 Å².